The van der Waals surface area contributed by atoms with E-state index in [1.807, 2.05) is 50.2 Å². The van der Waals surface area contributed by atoms with E-state index in [4.69, 9.17) is 0 Å². The third kappa shape index (κ3) is 6.31. The lowest BCUT2D eigenvalue weighted by atomic mass is 10.1. The number of rotatable bonds is 11. The van der Waals surface area contributed by atoms with Crippen LogP contribution in [0.25, 0.3) is 0 Å². The van der Waals surface area contributed by atoms with E-state index >= 15 is 0 Å². The zero-order valence-electron chi connectivity index (χ0n) is 20.9. The molecule has 3 rings (SSSR count). The summed E-state index contributed by atoms with van der Waals surface area (Å²) in [5, 5.41) is 2.80. The van der Waals surface area contributed by atoms with Gasteiger partial charge in [0, 0.05) is 13.1 Å². The predicted octanol–water partition coefficient (Wildman–Crippen LogP) is 4.13. The molecule has 0 saturated heterocycles. The van der Waals surface area contributed by atoms with E-state index in [9.17, 15) is 18.0 Å². The molecule has 1 N–H and O–H groups in total. The molecule has 190 valence electrons. The number of amides is 2. The third-order valence-corrected chi connectivity index (χ3v) is 7.70. The number of aryl methyl sites for hydroxylation is 1. The minimum atomic E-state index is -4.06. The maximum Gasteiger partial charge on any atom is 0.264 e. The fourth-order valence-corrected chi connectivity index (χ4v) is 5.57. The number of nitrogens with zero attached hydrogens (tertiary/aromatic N) is 2. The molecule has 0 saturated carbocycles. The first kappa shape index (κ1) is 26.9. The van der Waals surface area contributed by atoms with Crippen molar-refractivity contribution in [2.75, 3.05) is 17.4 Å². The Morgan fingerprint density at radius 1 is 0.861 bits per heavy atom. The normalized spacial score (nSPS) is 12.0. The van der Waals surface area contributed by atoms with E-state index < -0.39 is 28.5 Å². The summed E-state index contributed by atoms with van der Waals surface area (Å²) in [5.41, 5.74) is 1.98. The number of carbonyl (C=O) groups excluding carboxylic acids is 2. The van der Waals surface area contributed by atoms with Crippen molar-refractivity contribution in [2.45, 2.75) is 44.7 Å². The first-order valence-corrected chi connectivity index (χ1v) is 13.5. The van der Waals surface area contributed by atoms with E-state index in [-0.39, 0.29) is 17.3 Å². The van der Waals surface area contributed by atoms with Gasteiger partial charge in [-0.15, -0.1) is 0 Å². The molecule has 8 heteroatoms. The molecule has 0 spiro atoms. The molecule has 0 aliphatic rings. The van der Waals surface area contributed by atoms with Gasteiger partial charge in [-0.1, -0.05) is 73.7 Å². The molecule has 2 amide bonds. The summed E-state index contributed by atoms with van der Waals surface area (Å²) in [6.07, 6.45) is 0.389. The molecule has 3 aromatic rings. The topological polar surface area (TPSA) is 86.8 Å². The second kappa shape index (κ2) is 12.4. The molecular formula is C28H33N3O4S. The second-order valence-corrected chi connectivity index (χ2v) is 10.3. The highest BCUT2D eigenvalue weighted by atomic mass is 32.2. The van der Waals surface area contributed by atoms with Crippen LogP contribution < -0.4 is 9.62 Å². The standard InChI is InChI=1S/C28H33N3O4S/c1-4-25(28(33)29-5-2)30(20-23-15-8-6-9-16-23)27(32)21-31(26-19-13-12-14-22(26)3)36(34,35)24-17-10-7-11-18-24/h6-19,25H,4-5,20-21H2,1-3H3,(H,29,33)/t25-/m1/s1. The van der Waals surface area contributed by atoms with Crippen molar-refractivity contribution >= 4 is 27.5 Å². The van der Waals surface area contributed by atoms with Crippen LogP contribution in [0.5, 0.6) is 0 Å². The monoisotopic (exact) mass is 507 g/mol. The van der Waals surface area contributed by atoms with Crippen molar-refractivity contribution in [1.29, 1.82) is 0 Å². The Morgan fingerprint density at radius 2 is 1.44 bits per heavy atom. The summed E-state index contributed by atoms with van der Waals surface area (Å²) in [6.45, 7) is 5.64. The number of benzene rings is 3. The summed E-state index contributed by atoms with van der Waals surface area (Å²) in [5.74, 6) is -0.725. The van der Waals surface area contributed by atoms with Crippen molar-refractivity contribution in [3.63, 3.8) is 0 Å². The highest BCUT2D eigenvalue weighted by Gasteiger charge is 2.33. The van der Waals surface area contributed by atoms with Crippen LogP contribution >= 0.6 is 0 Å². The van der Waals surface area contributed by atoms with E-state index in [0.29, 0.717) is 18.7 Å². The molecule has 7 nitrogen and oxygen atoms in total. The largest absolute Gasteiger partial charge is 0.355 e. The lowest BCUT2D eigenvalue weighted by molar-refractivity contribution is -0.140. The minimum absolute atomic E-state index is 0.0893. The number of carbonyl (C=O) groups is 2. The zero-order valence-corrected chi connectivity index (χ0v) is 21.7. The zero-order chi connectivity index (χ0) is 26.1. The lowest BCUT2D eigenvalue weighted by Crippen LogP contribution is -2.52. The van der Waals surface area contributed by atoms with Crippen LogP contribution in [0, 0.1) is 6.92 Å². The van der Waals surface area contributed by atoms with E-state index in [1.54, 1.807) is 43.3 Å². The van der Waals surface area contributed by atoms with Crippen molar-refractivity contribution in [3.8, 4) is 0 Å². The number of anilines is 1. The average Bonchev–Trinajstić information content (AvgIpc) is 2.89. The molecule has 1 atom stereocenters. The molecule has 0 aliphatic carbocycles. The molecule has 0 bridgehead atoms. The Morgan fingerprint density at radius 3 is 2.03 bits per heavy atom. The molecule has 0 radical (unpaired) electrons. The van der Waals surface area contributed by atoms with Gasteiger partial charge in [-0.25, -0.2) is 8.42 Å². The van der Waals surface area contributed by atoms with Crippen molar-refractivity contribution in [1.82, 2.24) is 10.2 Å². The van der Waals surface area contributed by atoms with Crippen molar-refractivity contribution in [3.05, 3.63) is 96.1 Å². The molecule has 0 heterocycles. The number of hydrogen-bond acceptors (Lipinski definition) is 4. The van der Waals surface area contributed by atoms with Crippen LogP contribution in [0.3, 0.4) is 0 Å². The van der Waals surface area contributed by atoms with Gasteiger partial charge in [0.2, 0.25) is 11.8 Å². The number of sulfonamides is 1. The van der Waals surface area contributed by atoms with Crippen molar-refractivity contribution in [2.24, 2.45) is 0 Å². The van der Waals surface area contributed by atoms with E-state index in [2.05, 4.69) is 5.32 Å². The van der Waals surface area contributed by atoms with Crippen LogP contribution in [-0.2, 0) is 26.2 Å². The van der Waals surface area contributed by atoms with Gasteiger partial charge in [-0.2, -0.15) is 0 Å². The molecule has 3 aromatic carbocycles. The quantitative estimate of drug-likeness (QED) is 0.423. The summed E-state index contributed by atoms with van der Waals surface area (Å²) in [6, 6.07) is 23.7. The summed E-state index contributed by atoms with van der Waals surface area (Å²) >= 11 is 0. The van der Waals surface area contributed by atoms with Gasteiger partial charge >= 0.3 is 0 Å². The molecule has 0 fully saturated rings. The van der Waals surface area contributed by atoms with Gasteiger partial charge in [0.1, 0.15) is 12.6 Å². The van der Waals surface area contributed by atoms with E-state index in [1.165, 1.54) is 17.0 Å². The van der Waals surface area contributed by atoms with Gasteiger partial charge in [-0.05, 0) is 49.6 Å². The first-order valence-electron chi connectivity index (χ1n) is 12.0. The van der Waals surface area contributed by atoms with Crippen LogP contribution in [0.1, 0.15) is 31.4 Å². The SMILES string of the molecule is CCNC(=O)[C@@H](CC)N(Cc1ccccc1)C(=O)CN(c1ccccc1C)S(=O)(=O)c1ccccc1. The maximum absolute atomic E-state index is 13.9. The first-order chi connectivity index (χ1) is 17.3. The number of hydrogen-bond donors (Lipinski definition) is 1. The Bertz CT molecular complexity index is 1260. The summed E-state index contributed by atoms with van der Waals surface area (Å²) in [4.78, 5) is 28.3. The Balaban J connectivity index is 2.05. The minimum Gasteiger partial charge on any atom is -0.355 e. The Labute approximate surface area is 213 Å². The van der Waals surface area contributed by atoms with Gasteiger partial charge in [0.25, 0.3) is 10.0 Å². The van der Waals surface area contributed by atoms with Gasteiger partial charge in [0.15, 0.2) is 0 Å². The molecule has 0 unspecified atom stereocenters. The highest BCUT2D eigenvalue weighted by Crippen LogP contribution is 2.27. The van der Waals surface area contributed by atoms with Crippen LogP contribution in [-0.4, -0.2) is 44.3 Å². The average molecular weight is 508 g/mol. The number of nitrogens with one attached hydrogen (secondary N) is 1. The third-order valence-electron chi connectivity index (χ3n) is 5.93. The fraction of sp³-hybridized carbons (Fsp3) is 0.286. The van der Waals surface area contributed by atoms with Crippen molar-refractivity contribution < 1.29 is 18.0 Å². The van der Waals surface area contributed by atoms with Crippen LogP contribution in [0.4, 0.5) is 5.69 Å². The maximum atomic E-state index is 13.9. The van der Waals surface area contributed by atoms with Gasteiger partial charge in [-0.3, -0.25) is 13.9 Å². The van der Waals surface area contributed by atoms with Crippen LogP contribution in [0.15, 0.2) is 89.8 Å². The number of para-hydroxylation sites is 1. The smallest absolute Gasteiger partial charge is 0.264 e. The van der Waals surface area contributed by atoms with Gasteiger partial charge in [0.05, 0.1) is 10.6 Å². The Hall–Kier alpha value is -3.65. The molecular weight excluding hydrogens is 474 g/mol. The molecule has 36 heavy (non-hydrogen) atoms. The predicted molar refractivity (Wildman–Crippen MR) is 142 cm³/mol. The Kier molecular flexibility index (Phi) is 9.25. The summed E-state index contributed by atoms with van der Waals surface area (Å²) < 4.78 is 28.6. The summed E-state index contributed by atoms with van der Waals surface area (Å²) in [7, 11) is -4.06. The highest BCUT2D eigenvalue weighted by molar-refractivity contribution is 7.92. The second-order valence-electron chi connectivity index (χ2n) is 8.44. The van der Waals surface area contributed by atoms with Crippen LogP contribution in [0.2, 0.25) is 0 Å². The van der Waals surface area contributed by atoms with Gasteiger partial charge < -0.3 is 10.2 Å². The van der Waals surface area contributed by atoms with E-state index in [0.717, 1.165) is 15.4 Å². The fourth-order valence-electron chi connectivity index (χ4n) is 4.07. The molecule has 0 aliphatic heterocycles. The lowest BCUT2D eigenvalue weighted by Gasteiger charge is -2.33. The molecule has 0 aromatic heterocycles. The number of likely N-dealkylation sites (N-methyl/N-ethyl adjacent to an activating group) is 1.